The Morgan fingerprint density at radius 2 is 2.19 bits per heavy atom. The van der Waals surface area contributed by atoms with Gasteiger partial charge in [-0.25, -0.2) is 4.79 Å². The molecule has 0 radical (unpaired) electrons. The summed E-state index contributed by atoms with van der Waals surface area (Å²) in [6.07, 6.45) is 2.77. The van der Waals surface area contributed by atoms with Crippen LogP contribution in [0.15, 0.2) is 23.3 Å². The predicted octanol–water partition coefficient (Wildman–Crippen LogP) is 1.33. The zero-order valence-corrected chi connectivity index (χ0v) is 8.73. The van der Waals surface area contributed by atoms with E-state index in [9.17, 15) is 9.59 Å². The number of hydrogen-bond donors (Lipinski definition) is 2. The first-order valence-electron chi connectivity index (χ1n) is 4.65. The van der Waals surface area contributed by atoms with E-state index in [0.29, 0.717) is 5.57 Å². The van der Waals surface area contributed by atoms with Crippen molar-refractivity contribution in [3.63, 3.8) is 0 Å². The zero-order chi connectivity index (χ0) is 12.3. The highest BCUT2D eigenvalue weighted by Gasteiger charge is 2.36. The zero-order valence-electron chi connectivity index (χ0n) is 8.73. The molecule has 1 aliphatic carbocycles. The monoisotopic (exact) mass is 221 g/mol. The van der Waals surface area contributed by atoms with Gasteiger partial charge in [0, 0.05) is 5.57 Å². The first-order valence-corrected chi connectivity index (χ1v) is 4.65. The Hall–Kier alpha value is -2.09. The van der Waals surface area contributed by atoms with Crippen molar-refractivity contribution in [1.29, 1.82) is 5.26 Å². The minimum Gasteiger partial charge on any atom is -0.481 e. The molecular formula is C11H11NO4. The fraction of sp³-hybridized carbons (Fsp3) is 0.364. The molecule has 0 aromatic carbocycles. The summed E-state index contributed by atoms with van der Waals surface area (Å²) in [6.45, 7) is 1.45. The highest BCUT2D eigenvalue weighted by Crippen LogP contribution is 2.35. The summed E-state index contributed by atoms with van der Waals surface area (Å²) in [5, 5.41) is 26.4. The second kappa shape index (κ2) is 4.19. The molecule has 0 saturated heterocycles. The largest absolute Gasteiger partial charge is 0.481 e. The minimum atomic E-state index is -1.24. The van der Waals surface area contributed by atoms with Crippen LogP contribution in [0.2, 0.25) is 0 Å². The smallest absolute Gasteiger partial charge is 0.331 e. The summed E-state index contributed by atoms with van der Waals surface area (Å²) in [6, 6.07) is 1.87. The van der Waals surface area contributed by atoms with Crippen LogP contribution in [0, 0.1) is 16.7 Å². The van der Waals surface area contributed by atoms with Crippen LogP contribution in [-0.4, -0.2) is 22.2 Å². The number of nitriles is 1. The van der Waals surface area contributed by atoms with Gasteiger partial charge in [-0.05, 0) is 25.0 Å². The standard InChI is InChI=1S/C11H11NO4/c1-11(10(15)16)5-7(2-3-12)4-8(6-11)9(13)14/h4-5H,2,6H2,1H3,(H,13,14)(H,15,16). The third-order valence-electron chi connectivity index (χ3n) is 2.47. The molecule has 0 aliphatic heterocycles. The van der Waals surface area contributed by atoms with Crippen molar-refractivity contribution >= 4 is 11.9 Å². The number of nitrogens with zero attached hydrogens (tertiary/aromatic N) is 1. The minimum absolute atomic E-state index is 0.0135. The second-order valence-corrected chi connectivity index (χ2v) is 3.93. The van der Waals surface area contributed by atoms with Crippen molar-refractivity contribution < 1.29 is 19.8 Å². The molecule has 84 valence electrons. The van der Waals surface area contributed by atoms with Gasteiger partial charge in [0.25, 0.3) is 0 Å². The molecule has 0 aromatic rings. The number of hydrogen-bond acceptors (Lipinski definition) is 3. The molecule has 1 rings (SSSR count). The Labute approximate surface area is 92.3 Å². The van der Waals surface area contributed by atoms with Gasteiger partial charge < -0.3 is 10.2 Å². The lowest BCUT2D eigenvalue weighted by molar-refractivity contribution is -0.145. The van der Waals surface area contributed by atoms with Crippen LogP contribution < -0.4 is 0 Å². The molecule has 2 N–H and O–H groups in total. The van der Waals surface area contributed by atoms with Crippen molar-refractivity contribution in [3.05, 3.63) is 23.3 Å². The van der Waals surface area contributed by atoms with Crippen molar-refractivity contribution in [1.82, 2.24) is 0 Å². The van der Waals surface area contributed by atoms with Crippen molar-refractivity contribution in [2.75, 3.05) is 0 Å². The molecule has 0 aromatic heterocycles. The second-order valence-electron chi connectivity index (χ2n) is 3.93. The number of carbonyl (C=O) groups is 2. The van der Waals surface area contributed by atoms with Crippen molar-refractivity contribution in [2.24, 2.45) is 5.41 Å². The summed E-state index contributed by atoms with van der Waals surface area (Å²) in [5.41, 5.74) is -0.775. The Kier molecular flexibility index (Phi) is 3.14. The third-order valence-corrected chi connectivity index (χ3v) is 2.47. The lowest BCUT2D eigenvalue weighted by Gasteiger charge is -2.25. The molecule has 16 heavy (non-hydrogen) atoms. The number of carboxylic acids is 2. The molecule has 5 nitrogen and oxygen atoms in total. The summed E-state index contributed by atoms with van der Waals surface area (Å²) in [7, 11) is 0. The molecule has 0 bridgehead atoms. The number of rotatable bonds is 3. The summed E-state index contributed by atoms with van der Waals surface area (Å²) < 4.78 is 0. The predicted molar refractivity (Wildman–Crippen MR) is 54.4 cm³/mol. The quantitative estimate of drug-likeness (QED) is 0.749. The molecule has 0 amide bonds. The molecule has 5 heteroatoms. The van der Waals surface area contributed by atoms with Gasteiger partial charge >= 0.3 is 11.9 Å². The molecule has 0 heterocycles. The maximum Gasteiger partial charge on any atom is 0.331 e. The molecular weight excluding hydrogens is 210 g/mol. The number of allylic oxidation sites excluding steroid dienone is 2. The van der Waals surface area contributed by atoms with Gasteiger partial charge in [-0.2, -0.15) is 5.26 Å². The van der Waals surface area contributed by atoms with Crippen LogP contribution in [0.25, 0.3) is 0 Å². The Bertz CT molecular complexity index is 441. The van der Waals surface area contributed by atoms with E-state index in [4.69, 9.17) is 15.5 Å². The van der Waals surface area contributed by atoms with E-state index in [2.05, 4.69) is 0 Å². The van der Waals surface area contributed by atoms with E-state index >= 15 is 0 Å². The Morgan fingerprint density at radius 1 is 1.56 bits per heavy atom. The first-order chi connectivity index (χ1) is 7.39. The summed E-state index contributed by atoms with van der Waals surface area (Å²) in [5.74, 6) is -2.23. The normalized spacial score (nSPS) is 24.0. The fourth-order valence-corrected chi connectivity index (χ4v) is 1.64. The molecule has 1 unspecified atom stereocenters. The molecule has 0 spiro atoms. The third kappa shape index (κ3) is 2.28. The Balaban J connectivity index is 3.15. The molecule has 1 aliphatic rings. The van der Waals surface area contributed by atoms with Crippen molar-refractivity contribution in [3.8, 4) is 6.07 Å². The van der Waals surface area contributed by atoms with Crippen LogP contribution in [0.4, 0.5) is 0 Å². The van der Waals surface area contributed by atoms with Crippen LogP contribution >= 0.6 is 0 Å². The van der Waals surface area contributed by atoms with E-state index in [1.54, 1.807) is 0 Å². The van der Waals surface area contributed by atoms with E-state index in [0.717, 1.165) is 0 Å². The van der Waals surface area contributed by atoms with Gasteiger partial charge in [-0.15, -0.1) is 0 Å². The highest BCUT2D eigenvalue weighted by molar-refractivity contribution is 5.90. The van der Waals surface area contributed by atoms with E-state index in [1.807, 2.05) is 6.07 Å². The van der Waals surface area contributed by atoms with E-state index in [1.165, 1.54) is 19.1 Å². The average molecular weight is 221 g/mol. The molecule has 0 saturated carbocycles. The van der Waals surface area contributed by atoms with Crippen LogP contribution in [-0.2, 0) is 9.59 Å². The van der Waals surface area contributed by atoms with Crippen molar-refractivity contribution in [2.45, 2.75) is 19.8 Å². The topological polar surface area (TPSA) is 98.4 Å². The number of carboxylic acid groups (broad SMARTS) is 2. The van der Waals surface area contributed by atoms with Crippen LogP contribution in [0.5, 0.6) is 0 Å². The fourth-order valence-electron chi connectivity index (χ4n) is 1.64. The summed E-state index contributed by atoms with van der Waals surface area (Å²) >= 11 is 0. The van der Waals surface area contributed by atoms with Gasteiger partial charge in [-0.3, -0.25) is 4.79 Å². The maximum absolute atomic E-state index is 11.0. The van der Waals surface area contributed by atoms with Gasteiger partial charge in [-0.1, -0.05) is 6.08 Å². The Morgan fingerprint density at radius 3 is 2.62 bits per heavy atom. The van der Waals surface area contributed by atoms with E-state index in [-0.39, 0.29) is 18.4 Å². The highest BCUT2D eigenvalue weighted by atomic mass is 16.4. The van der Waals surface area contributed by atoms with Gasteiger partial charge in [0.2, 0.25) is 0 Å². The lowest BCUT2D eigenvalue weighted by Crippen LogP contribution is -2.29. The lowest BCUT2D eigenvalue weighted by atomic mass is 9.77. The average Bonchev–Trinajstić information content (AvgIpc) is 2.17. The van der Waals surface area contributed by atoms with Gasteiger partial charge in [0.05, 0.1) is 17.9 Å². The van der Waals surface area contributed by atoms with E-state index < -0.39 is 17.4 Å². The number of aliphatic carboxylic acids is 2. The van der Waals surface area contributed by atoms with Crippen LogP contribution in [0.1, 0.15) is 19.8 Å². The van der Waals surface area contributed by atoms with Crippen LogP contribution in [0.3, 0.4) is 0 Å². The molecule has 0 fully saturated rings. The first kappa shape index (κ1) is 12.0. The summed E-state index contributed by atoms with van der Waals surface area (Å²) in [4.78, 5) is 21.9. The SMILES string of the molecule is CC1(C(=O)O)C=C(CC#N)C=C(C(=O)O)C1. The van der Waals surface area contributed by atoms with Gasteiger partial charge in [0.1, 0.15) is 0 Å². The maximum atomic E-state index is 11.0. The van der Waals surface area contributed by atoms with Gasteiger partial charge in [0.15, 0.2) is 0 Å². The molecule has 1 atom stereocenters.